The standard InChI is InChI=1S/C15H18N2O3/c1-5-20-15(18)13-8-12(16-17-13)11-6-9(2)14(19-4)10(3)7-11/h6-8H,5H2,1-4H3,(H,16,17). The van der Waals surface area contributed by atoms with Crippen molar-refractivity contribution in [1.82, 2.24) is 10.2 Å². The van der Waals surface area contributed by atoms with Gasteiger partial charge in [-0.2, -0.15) is 5.10 Å². The van der Waals surface area contributed by atoms with Crippen LogP contribution in [0.2, 0.25) is 0 Å². The van der Waals surface area contributed by atoms with Crippen LogP contribution in [-0.2, 0) is 4.74 Å². The first-order valence-corrected chi connectivity index (χ1v) is 6.45. The van der Waals surface area contributed by atoms with E-state index in [4.69, 9.17) is 9.47 Å². The van der Waals surface area contributed by atoms with Gasteiger partial charge in [-0.25, -0.2) is 4.79 Å². The number of carbonyl (C=O) groups excluding carboxylic acids is 1. The van der Waals surface area contributed by atoms with Crippen LogP contribution < -0.4 is 4.74 Å². The van der Waals surface area contributed by atoms with Gasteiger partial charge in [-0.15, -0.1) is 0 Å². The lowest BCUT2D eigenvalue weighted by atomic mass is 10.0. The molecule has 0 saturated heterocycles. The number of hydrogen-bond acceptors (Lipinski definition) is 4. The second kappa shape index (κ2) is 5.77. The molecule has 0 unspecified atom stereocenters. The molecule has 20 heavy (non-hydrogen) atoms. The molecule has 0 aliphatic heterocycles. The van der Waals surface area contributed by atoms with Gasteiger partial charge in [0, 0.05) is 5.56 Å². The van der Waals surface area contributed by atoms with Crippen LogP contribution in [0.15, 0.2) is 18.2 Å². The predicted octanol–water partition coefficient (Wildman–Crippen LogP) is 2.88. The minimum atomic E-state index is -0.395. The monoisotopic (exact) mass is 274 g/mol. The van der Waals surface area contributed by atoms with Crippen molar-refractivity contribution in [2.45, 2.75) is 20.8 Å². The normalized spacial score (nSPS) is 10.4. The molecule has 2 aromatic rings. The third kappa shape index (κ3) is 2.66. The summed E-state index contributed by atoms with van der Waals surface area (Å²) in [5, 5.41) is 6.86. The number of ether oxygens (including phenoxy) is 2. The van der Waals surface area contributed by atoms with Gasteiger partial charge in [0.25, 0.3) is 0 Å². The molecule has 0 fully saturated rings. The number of benzene rings is 1. The van der Waals surface area contributed by atoms with E-state index in [1.165, 1.54) is 0 Å². The zero-order valence-electron chi connectivity index (χ0n) is 12.1. The molecule has 0 spiro atoms. The van der Waals surface area contributed by atoms with Crippen LogP contribution in [0, 0.1) is 13.8 Å². The molecule has 0 bridgehead atoms. The Balaban J connectivity index is 2.35. The number of carbonyl (C=O) groups is 1. The maximum atomic E-state index is 11.6. The maximum Gasteiger partial charge on any atom is 0.356 e. The molecule has 0 aliphatic carbocycles. The number of aromatic nitrogens is 2. The Morgan fingerprint density at radius 1 is 1.25 bits per heavy atom. The quantitative estimate of drug-likeness (QED) is 0.871. The number of aryl methyl sites for hydroxylation is 2. The molecule has 106 valence electrons. The Hall–Kier alpha value is -2.30. The highest BCUT2D eigenvalue weighted by molar-refractivity contribution is 5.88. The fourth-order valence-corrected chi connectivity index (χ4v) is 2.20. The number of hydrogen-bond donors (Lipinski definition) is 1. The molecule has 1 heterocycles. The van der Waals surface area contributed by atoms with Crippen LogP contribution in [0.3, 0.4) is 0 Å². The molecule has 2 rings (SSSR count). The Bertz CT molecular complexity index is 609. The van der Waals surface area contributed by atoms with E-state index >= 15 is 0 Å². The lowest BCUT2D eigenvalue weighted by molar-refractivity contribution is 0.0519. The molecule has 1 aromatic carbocycles. The molecule has 0 amide bonds. The number of nitrogens with zero attached hydrogens (tertiary/aromatic N) is 1. The van der Waals surface area contributed by atoms with Crippen LogP contribution in [0.1, 0.15) is 28.5 Å². The zero-order valence-corrected chi connectivity index (χ0v) is 12.1. The van der Waals surface area contributed by atoms with E-state index in [2.05, 4.69) is 10.2 Å². The van der Waals surface area contributed by atoms with Gasteiger partial charge in [-0.3, -0.25) is 5.10 Å². The largest absolute Gasteiger partial charge is 0.496 e. The van der Waals surface area contributed by atoms with Gasteiger partial charge in [-0.1, -0.05) is 0 Å². The number of rotatable bonds is 4. The Kier molecular flexibility index (Phi) is 4.08. The third-order valence-corrected chi connectivity index (χ3v) is 3.03. The van der Waals surface area contributed by atoms with E-state index in [0.717, 1.165) is 22.4 Å². The van der Waals surface area contributed by atoms with E-state index in [0.29, 0.717) is 18.0 Å². The lowest BCUT2D eigenvalue weighted by Crippen LogP contribution is -2.04. The van der Waals surface area contributed by atoms with Crippen molar-refractivity contribution >= 4 is 5.97 Å². The molecular weight excluding hydrogens is 256 g/mol. The summed E-state index contributed by atoms with van der Waals surface area (Å²) in [6, 6.07) is 5.66. The van der Waals surface area contributed by atoms with Gasteiger partial charge in [0.05, 0.1) is 19.4 Å². The van der Waals surface area contributed by atoms with Crippen molar-refractivity contribution < 1.29 is 14.3 Å². The summed E-state index contributed by atoms with van der Waals surface area (Å²) in [6.07, 6.45) is 0. The molecule has 1 aromatic heterocycles. The predicted molar refractivity (Wildman–Crippen MR) is 76.0 cm³/mol. The van der Waals surface area contributed by atoms with Crippen molar-refractivity contribution in [3.63, 3.8) is 0 Å². The van der Waals surface area contributed by atoms with Crippen molar-refractivity contribution in [3.8, 4) is 17.0 Å². The van der Waals surface area contributed by atoms with E-state index in [1.807, 2.05) is 26.0 Å². The fourth-order valence-electron chi connectivity index (χ4n) is 2.20. The Morgan fingerprint density at radius 2 is 1.90 bits per heavy atom. The Morgan fingerprint density at radius 3 is 2.45 bits per heavy atom. The van der Waals surface area contributed by atoms with E-state index in [1.54, 1.807) is 20.1 Å². The molecular formula is C15H18N2O3. The summed E-state index contributed by atoms with van der Waals surface area (Å²) in [4.78, 5) is 11.6. The maximum absolute atomic E-state index is 11.6. The van der Waals surface area contributed by atoms with Crippen LogP contribution in [-0.4, -0.2) is 29.9 Å². The number of nitrogens with one attached hydrogen (secondary N) is 1. The number of esters is 1. The molecule has 5 nitrogen and oxygen atoms in total. The summed E-state index contributed by atoms with van der Waals surface area (Å²) in [6.45, 7) is 6.07. The first kappa shape index (κ1) is 14.1. The van der Waals surface area contributed by atoms with Crippen LogP contribution in [0.5, 0.6) is 5.75 Å². The topological polar surface area (TPSA) is 64.2 Å². The molecule has 5 heteroatoms. The van der Waals surface area contributed by atoms with Gasteiger partial charge < -0.3 is 9.47 Å². The molecule has 1 N–H and O–H groups in total. The number of aromatic amines is 1. The third-order valence-electron chi connectivity index (χ3n) is 3.03. The van der Waals surface area contributed by atoms with Gasteiger partial charge >= 0.3 is 5.97 Å². The SMILES string of the molecule is CCOC(=O)c1cc(-c2cc(C)c(OC)c(C)c2)n[nH]1. The smallest absolute Gasteiger partial charge is 0.356 e. The van der Waals surface area contributed by atoms with Crippen molar-refractivity contribution in [2.24, 2.45) is 0 Å². The van der Waals surface area contributed by atoms with Crippen LogP contribution >= 0.6 is 0 Å². The van der Waals surface area contributed by atoms with E-state index in [9.17, 15) is 4.79 Å². The second-order valence-corrected chi connectivity index (χ2v) is 4.53. The Labute approximate surface area is 117 Å². The van der Waals surface area contributed by atoms with Gasteiger partial charge in [0.15, 0.2) is 0 Å². The highest BCUT2D eigenvalue weighted by atomic mass is 16.5. The van der Waals surface area contributed by atoms with Crippen molar-refractivity contribution in [3.05, 3.63) is 35.0 Å². The lowest BCUT2D eigenvalue weighted by Gasteiger charge is -2.09. The summed E-state index contributed by atoms with van der Waals surface area (Å²) in [7, 11) is 1.66. The average molecular weight is 274 g/mol. The summed E-state index contributed by atoms with van der Waals surface area (Å²) in [5.74, 6) is 0.475. The summed E-state index contributed by atoms with van der Waals surface area (Å²) >= 11 is 0. The van der Waals surface area contributed by atoms with E-state index in [-0.39, 0.29) is 0 Å². The molecule has 0 atom stereocenters. The van der Waals surface area contributed by atoms with Gasteiger partial charge in [0.1, 0.15) is 11.4 Å². The first-order valence-electron chi connectivity index (χ1n) is 6.45. The van der Waals surface area contributed by atoms with E-state index < -0.39 is 5.97 Å². The highest BCUT2D eigenvalue weighted by Gasteiger charge is 2.13. The van der Waals surface area contributed by atoms with Crippen LogP contribution in [0.25, 0.3) is 11.3 Å². The molecule has 0 aliphatic rings. The minimum Gasteiger partial charge on any atom is -0.496 e. The molecule has 0 saturated carbocycles. The highest BCUT2D eigenvalue weighted by Crippen LogP contribution is 2.29. The van der Waals surface area contributed by atoms with Gasteiger partial charge in [-0.05, 0) is 50.1 Å². The minimum absolute atomic E-state index is 0.341. The van der Waals surface area contributed by atoms with Crippen molar-refractivity contribution in [2.75, 3.05) is 13.7 Å². The summed E-state index contributed by atoms with van der Waals surface area (Å²) < 4.78 is 10.3. The van der Waals surface area contributed by atoms with Crippen molar-refractivity contribution in [1.29, 1.82) is 0 Å². The first-order chi connectivity index (χ1) is 9.56. The number of H-pyrrole nitrogens is 1. The van der Waals surface area contributed by atoms with Gasteiger partial charge in [0.2, 0.25) is 0 Å². The average Bonchev–Trinajstić information content (AvgIpc) is 2.88. The summed E-state index contributed by atoms with van der Waals surface area (Å²) in [5.41, 5.74) is 4.06. The second-order valence-electron chi connectivity index (χ2n) is 4.53. The zero-order chi connectivity index (χ0) is 14.7. The molecule has 0 radical (unpaired) electrons. The number of methoxy groups -OCH3 is 1. The fraction of sp³-hybridized carbons (Fsp3) is 0.333. The van der Waals surface area contributed by atoms with Crippen LogP contribution in [0.4, 0.5) is 0 Å².